The minimum atomic E-state index is -0.507. The van der Waals surface area contributed by atoms with Crippen molar-refractivity contribution in [3.63, 3.8) is 0 Å². The van der Waals surface area contributed by atoms with Gasteiger partial charge in [0.05, 0.1) is 50.6 Å². The van der Waals surface area contributed by atoms with E-state index in [9.17, 15) is 14.9 Å². The topological polar surface area (TPSA) is 103 Å². The van der Waals surface area contributed by atoms with E-state index in [0.717, 1.165) is 23.1 Å². The number of nitrogens with one attached hydrogen (secondary N) is 1. The summed E-state index contributed by atoms with van der Waals surface area (Å²) in [5.41, 5.74) is 3.52. The SMILES string of the molecule is COc1cc([N+](=O)[O-])ccc1NC(=O)CN1CCc2cc(OC)c(OC)cc2C1c1ccccc1. The van der Waals surface area contributed by atoms with Crippen molar-refractivity contribution in [1.29, 1.82) is 0 Å². The number of hydrogen-bond donors (Lipinski definition) is 1. The molecule has 3 aromatic rings. The number of carbonyl (C=O) groups is 1. The lowest BCUT2D eigenvalue weighted by molar-refractivity contribution is -0.384. The van der Waals surface area contributed by atoms with Crippen LogP contribution in [-0.4, -0.2) is 50.1 Å². The zero-order valence-corrected chi connectivity index (χ0v) is 19.8. The van der Waals surface area contributed by atoms with Crippen LogP contribution in [0.1, 0.15) is 22.7 Å². The lowest BCUT2D eigenvalue weighted by atomic mass is 9.87. The molecule has 3 aromatic carbocycles. The van der Waals surface area contributed by atoms with Crippen molar-refractivity contribution in [2.45, 2.75) is 12.5 Å². The first-order valence-corrected chi connectivity index (χ1v) is 11.1. The first-order valence-electron chi connectivity index (χ1n) is 11.1. The average Bonchev–Trinajstić information content (AvgIpc) is 2.88. The number of benzene rings is 3. The molecule has 0 saturated heterocycles. The van der Waals surface area contributed by atoms with Gasteiger partial charge in [-0.15, -0.1) is 0 Å². The van der Waals surface area contributed by atoms with Gasteiger partial charge >= 0.3 is 0 Å². The molecule has 182 valence electrons. The monoisotopic (exact) mass is 477 g/mol. The molecule has 0 fully saturated rings. The van der Waals surface area contributed by atoms with E-state index in [-0.39, 0.29) is 29.9 Å². The quantitative estimate of drug-likeness (QED) is 0.383. The van der Waals surface area contributed by atoms with E-state index in [4.69, 9.17) is 14.2 Å². The van der Waals surface area contributed by atoms with Crippen LogP contribution in [0.3, 0.4) is 0 Å². The minimum Gasteiger partial charge on any atom is -0.494 e. The van der Waals surface area contributed by atoms with Crippen LogP contribution < -0.4 is 19.5 Å². The second-order valence-corrected chi connectivity index (χ2v) is 8.13. The van der Waals surface area contributed by atoms with Crippen LogP contribution in [0.4, 0.5) is 11.4 Å². The Morgan fingerprint density at radius 2 is 1.69 bits per heavy atom. The summed E-state index contributed by atoms with van der Waals surface area (Å²) in [6.45, 7) is 0.778. The zero-order chi connectivity index (χ0) is 24.9. The molecule has 1 atom stereocenters. The first-order chi connectivity index (χ1) is 16.9. The molecule has 9 heteroatoms. The molecular formula is C26H27N3O6. The van der Waals surface area contributed by atoms with Crippen LogP contribution in [0.15, 0.2) is 60.7 Å². The lowest BCUT2D eigenvalue weighted by Crippen LogP contribution is -2.41. The molecule has 1 heterocycles. The Morgan fingerprint density at radius 1 is 1.00 bits per heavy atom. The maximum Gasteiger partial charge on any atom is 0.273 e. The van der Waals surface area contributed by atoms with Gasteiger partial charge in [-0.2, -0.15) is 0 Å². The summed E-state index contributed by atoms with van der Waals surface area (Å²) in [7, 11) is 4.63. The smallest absolute Gasteiger partial charge is 0.273 e. The molecule has 0 spiro atoms. The fourth-order valence-corrected chi connectivity index (χ4v) is 4.46. The van der Waals surface area contributed by atoms with Crippen molar-refractivity contribution in [2.75, 3.05) is 39.7 Å². The third-order valence-electron chi connectivity index (χ3n) is 6.11. The van der Waals surface area contributed by atoms with E-state index in [2.05, 4.69) is 10.2 Å². The Balaban J connectivity index is 1.63. The maximum absolute atomic E-state index is 13.1. The van der Waals surface area contributed by atoms with Crippen LogP contribution in [-0.2, 0) is 11.2 Å². The number of amides is 1. The summed E-state index contributed by atoms with van der Waals surface area (Å²) < 4.78 is 16.3. The van der Waals surface area contributed by atoms with Crippen molar-refractivity contribution in [3.05, 3.63) is 87.5 Å². The second-order valence-electron chi connectivity index (χ2n) is 8.13. The maximum atomic E-state index is 13.1. The number of methoxy groups -OCH3 is 3. The Hall–Kier alpha value is -4.11. The van der Waals surface area contributed by atoms with Gasteiger partial charge in [0.1, 0.15) is 5.75 Å². The van der Waals surface area contributed by atoms with E-state index in [1.807, 2.05) is 42.5 Å². The van der Waals surface area contributed by atoms with Crippen molar-refractivity contribution in [3.8, 4) is 17.2 Å². The van der Waals surface area contributed by atoms with E-state index in [1.54, 1.807) is 14.2 Å². The fourth-order valence-electron chi connectivity index (χ4n) is 4.46. The van der Waals surface area contributed by atoms with E-state index >= 15 is 0 Å². The van der Waals surface area contributed by atoms with Gasteiger partial charge in [0.25, 0.3) is 5.69 Å². The van der Waals surface area contributed by atoms with E-state index in [1.165, 1.54) is 25.3 Å². The van der Waals surface area contributed by atoms with Gasteiger partial charge in [-0.1, -0.05) is 30.3 Å². The molecule has 0 aromatic heterocycles. The third-order valence-corrected chi connectivity index (χ3v) is 6.11. The Morgan fingerprint density at radius 3 is 2.34 bits per heavy atom. The number of ether oxygens (including phenoxy) is 3. The van der Waals surface area contributed by atoms with Gasteiger partial charge in [-0.3, -0.25) is 19.8 Å². The highest BCUT2D eigenvalue weighted by atomic mass is 16.6. The lowest BCUT2D eigenvalue weighted by Gasteiger charge is -2.37. The molecule has 0 radical (unpaired) electrons. The summed E-state index contributed by atoms with van der Waals surface area (Å²) in [6.07, 6.45) is 0.743. The van der Waals surface area contributed by atoms with Crippen molar-refractivity contribution < 1.29 is 23.9 Å². The summed E-state index contributed by atoms with van der Waals surface area (Å²) in [4.78, 5) is 25.8. The summed E-state index contributed by atoms with van der Waals surface area (Å²) in [5, 5.41) is 13.9. The number of anilines is 1. The minimum absolute atomic E-state index is 0.110. The normalized spacial score (nSPS) is 15.1. The number of fused-ring (bicyclic) bond motifs is 1. The molecule has 1 aliphatic heterocycles. The number of carbonyl (C=O) groups excluding carboxylic acids is 1. The second kappa shape index (κ2) is 10.4. The summed E-state index contributed by atoms with van der Waals surface area (Å²) >= 11 is 0. The highest BCUT2D eigenvalue weighted by Gasteiger charge is 2.31. The summed E-state index contributed by atoms with van der Waals surface area (Å²) in [5.74, 6) is 1.29. The van der Waals surface area contributed by atoms with Gasteiger partial charge in [0.2, 0.25) is 5.91 Å². The largest absolute Gasteiger partial charge is 0.494 e. The summed E-state index contributed by atoms with van der Waals surface area (Å²) in [6, 6.07) is 17.9. The molecule has 1 unspecified atom stereocenters. The highest BCUT2D eigenvalue weighted by molar-refractivity contribution is 5.94. The van der Waals surface area contributed by atoms with Gasteiger partial charge < -0.3 is 19.5 Å². The predicted molar refractivity (Wildman–Crippen MR) is 131 cm³/mol. The van der Waals surface area contributed by atoms with Crippen molar-refractivity contribution in [2.24, 2.45) is 0 Å². The predicted octanol–water partition coefficient (Wildman–Crippen LogP) is 4.21. The molecule has 1 amide bonds. The molecule has 9 nitrogen and oxygen atoms in total. The number of nitrogens with zero attached hydrogens (tertiary/aromatic N) is 2. The van der Waals surface area contributed by atoms with Crippen LogP contribution >= 0.6 is 0 Å². The number of hydrogen-bond acceptors (Lipinski definition) is 7. The van der Waals surface area contributed by atoms with E-state index < -0.39 is 4.92 Å². The zero-order valence-electron chi connectivity index (χ0n) is 19.8. The molecule has 1 N–H and O–H groups in total. The Labute approximate surface area is 203 Å². The number of nitro benzene ring substituents is 1. The number of rotatable bonds is 8. The Kier molecular flexibility index (Phi) is 7.17. The van der Waals surface area contributed by atoms with E-state index in [0.29, 0.717) is 23.7 Å². The Bertz CT molecular complexity index is 1230. The average molecular weight is 478 g/mol. The van der Waals surface area contributed by atoms with Crippen LogP contribution in [0.5, 0.6) is 17.2 Å². The molecule has 0 bridgehead atoms. The standard InChI is InChI=1S/C26H27N3O6/c1-33-22-14-19(29(31)32)9-10-21(22)27-25(30)16-28-12-11-18-13-23(34-2)24(35-3)15-20(18)26(28)17-7-5-4-6-8-17/h4-10,13-15,26H,11-12,16H2,1-3H3,(H,27,30). The van der Waals surface area contributed by atoms with Gasteiger partial charge in [0, 0.05) is 12.6 Å². The van der Waals surface area contributed by atoms with Crippen molar-refractivity contribution in [1.82, 2.24) is 4.90 Å². The third kappa shape index (κ3) is 5.04. The highest BCUT2D eigenvalue weighted by Crippen LogP contribution is 2.41. The fraction of sp³-hybridized carbons (Fsp3) is 0.269. The molecule has 1 aliphatic rings. The van der Waals surface area contributed by atoms with Crippen molar-refractivity contribution >= 4 is 17.3 Å². The number of nitro groups is 1. The molecule has 0 saturated carbocycles. The van der Waals surface area contributed by atoms with Crippen LogP contribution in [0.25, 0.3) is 0 Å². The van der Waals surface area contributed by atoms with Gasteiger partial charge in [-0.05, 0) is 41.3 Å². The van der Waals surface area contributed by atoms with Crippen LogP contribution in [0, 0.1) is 10.1 Å². The van der Waals surface area contributed by atoms with Gasteiger partial charge in [-0.25, -0.2) is 0 Å². The molecule has 4 rings (SSSR count). The molecule has 35 heavy (non-hydrogen) atoms. The first kappa shape index (κ1) is 24.0. The van der Waals surface area contributed by atoms with Crippen LogP contribution in [0.2, 0.25) is 0 Å². The molecular weight excluding hydrogens is 450 g/mol. The number of non-ortho nitro benzene ring substituents is 1. The van der Waals surface area contributed by atoms with Gasteiger partial charge in [0.15, 0.2) is 11.5 Å². The molecule has 0 aliphatic carbocycles.